The molecule has 2 aliphatic heterocycles. The lowest BCUT2D eigenvalue weighted by Gasteiger charge is -2.36. The Morgan fingerprint density at radius 1 is 1.15 bits per heavy atom. The summed E-state index contributed by atoms with van der Waals surface area (Å²) in [5.74, 6) is 0.643. The first-order chi connectivity index (χ1) is 13.2. The molecule has 5 heteroatoms. The molecule has 4 rings (SSSR count). The van der Waals surface area contributed by atoms with Crippen molar-refractivity contribution in [1.29, 1.82) is 0 Å². The SMILES string of the molecule is O=C(O)c1ccc(COc2ccccc2CN2CCC[C@@H]3COC[C@@H]32)cc1. The highest BCUT2D eigenvalue weighted by Gasteiger charge is 2.36. The number of para-hydroxylation sites is 1. The topological polar surface area (TPSA) is 59.0 Å². The Balaban J connectivity index is 1.42. The van der Waals surface area contributed by atoms with Crippen molar-refractivity contribution in [3.05, 3.63) is 65.2 Å². The first kappa shape index (κ1) is 18.0. The van der Waals surface area contributed by atoms with Gasteiger partial charge in [-0.2, -0.15) is 0 Å². The van der Waals surface area contributed by atoms with E-state index in [9.17, 15) is 4.79 Å². The summed E-state index contributed by atoms with van der Waals surface area (Å²) >= 11 is 0. The molecule has 2 aromatic rings. The van der Waals surface area contributed by atoms with E-state index in [0.29, 0.717) is 18.6 Å². The number of hydrogen-bond acceptors (Lipinski definition) is 4. The van der Waals surface area contributed by atoms with Crippen LogP contribution in [0.4, 0.5) is 0 Å². The zero-order valence-corrected chi connectivity index (χ0v) is 15.3. The molecule has 2 aromatic carbocycles. The minimum atomic E-state index is -0.913. The smallest absolute Gasteiger partial charge is 0.335 e. The van der Waals surface area contributed by atoms with Crippen molar-refractivity contribution in [1.82, 2.24) is 4.90 Å². The second kappa shape index (κ2) is 8.11. The van der Waals surface area contributed by atoms with Crippen molar-refractivity contribution in [3.63, 3.8) is 0 Å². The number of carboxylic acid groups (broad SMARTS) is 1. The van der Waals surface area contributed by atoms with E-state index < -0.39 is 5.97 Å². The third-order valence-corrected chi connectivity index (χ3v) is 5.60. The predicted octanol–water partition coefficient (Wildman–Crippen LogP) is 3.57. The van der Waals surface area contributed by atoms with Crippen molar-refractivity contribution >= 4 is 5.97 Å². The zero-order valence-electron chi connectivity index (χ0n) is 15.3. The third kappa shape index (κ3) is 4.15. The minimum Gasteiger partial charge on any atom is -0.489 e. The fourth-order valence-electron chi connectivity index (χ4n) is 4.08. The number of piperidine rings is 1. The van der Waals surface area contributed by atoms with E-state index in [1.807, 2.05) is 12.1 Å². The fourth-order valence-corrected chi connectivity index (χ4v) is 4.08. The molecule has 0 bridgehead atoms. The van der Waals surface area contributed by atoms with Crippen LogP contribution in [0.15, 0.2) is 48.5 Å². The molecule has 1 N–H and O–H groups in total. The van der Waals surface area contributed by atoms with Crippen LogP contribution < -0.4 is 4.74 Å². The number of benzene rings is 2. The molecule has 2 fully saturated rings. The first-order valence-electron chi connectivity index (χ1n) is 9.55. The standard InChI is InChI=1S/C22H25NO4/c24-22(25)17-9-7-16(8-10-17)13-27-21-6-2-1-4-18(21)12-23-11-3-5-19-14-26-15-20(19)23/h1-2,4,6-10,19-20H,3,5,11-15H2,(H,24,25)/t19-,20+/m1/s1. The second-order valence-electron chi connectivity index (χ2n) is 7.38. The lowest BCUT2D eigenvalue weighted by Crippen LogP contribution is -2.44. The van der Waals surface area contributed by atoms with Gasteiger partial charge in [0.2, 0.25) is 0 Å². The molecule has 27 heavy (non-hydrogen) atoms. The summed E-state index contributed by atoms with van der Waals surface area (Å²) in [5.41, 5.74) is 2.43. The number of fused-ring (bicyclic) bond motifs is 1. The van der Waals surface area contributed by atoms with E-state index in [1.54, 1.807) is 24.3 Å². The molecule has 0 radical (unpaired) electrons. The number of rotatable bonds is 6. The van der Waals surface area contributed by atoms with Gasteiger partial charge in [-0.1, -0.05) is 30.3 Å². The summed E-state index contributed by atoms with van der Waals surface area (Å²) in [5, 5.41) is 9.00. The van der Waals surface area contributed by atoms with Crippen LogP contribution in [0.2, 0.25) is 0 Å². The van der Waals surface area contributed by atoms with E-state index in [-0.39, 0.29) is 5.56 Å². The molecular weight excluding hydrogens is 342 g/mol. The summed E-state index contributed by atoms with van der Waals surface area (Å²) in [6, 6.07) is 15.5. The molecule has 0 spiro atoms. The highest BCUT2D eigenvalue weighted by atomic mass is 16.5. The van der Waals surface area contributed by atoms with Gasteiger partial charge in [-0.05, 0) is 43.1 Å². The predicted molar refractivity (Wildman–Crippen MR) is 102 cm³/mol. The van der Waals surface area contributed by atoms with Gasteiger partial charge in [0, 0.05) is 24.1 Å². The Labute approximate surface area is 159 Å². The molecular formula is C22H25NO4. The Hall–Kier alpha value is -2.37. The van der Waals surface area contributed by atoms with Gasteiger partial charge in [0.05, 0.1) is 18.8 Å². The summed E-state index contributed by atoms with van der Waals surface area (Å²) < 4.78 is 11.8. The number of carbonyl (C=O) groups is 1. The molecule has 2 saturated heterocycles. The number of carboxylic acids is 1. The summed E-state index contributed by atoms with van der Waals surface area (Å²) in [7, 11) is 0. The number of ether oxygens (including phenoxy) is 2. The van der Waals surface area contributed by atoms with E-state index in [2.05, 4.69) is 17.0 Å². The van der Waals surface area contributed by atoms with Gasteiger partial charge in [-0.15, -0.1) is 0 Å². The maximum atomic E-state index is 11.0. The van der Waals surface area contributed by atoms with E-state index in [0.717, 1.165) is 37.6 Å². The average Bonchev–Trinajstić information content (AvgIpc) is 3.17. The van der Waals surface area contributed by atoms with Crippen LogP contribution in [0.5, 0.6) is 5.75 Å². The third-order valence-electron chi connectivity index (χ3n) is 5.60. The highest BCUT2D eigenvalue weighted by Crippen LogP contribution is 2.31. The molecule has 0 saturated carbocycles. The monoisotopic (exact) mass is 367 g/mol. The van der Waals surface area contributed by atoms with Crippen molar-refractivity contribution in [3.8, 4) is 5.75 Å². The minimum absolute atomic E-state index is 0.289. The molecule has 0 amide bonds. The summed E-state index contributed by atoms with van der Waals surface area (Å²) in [6.07, 6.45) is 2.50. The maximum Gasteiger partial charge on any atom is 0.335 e. The number of aromatic carboxylic acids is 1. The van der Waals surface area contributed by atoms with Gasteiger partial charge >= 0.3 is 5.97 Å². The first-order valence-corrected chi connectivity index (χ1v) is 9.55. The molecule has 5 nitrogen and oxygen atoms in total. The van der Waals surface area contributed by atoms with Crippen LogP contribution in [0.3, 0.4) is 0 Å². The Morgan fingerprint density at radius 2 is 1.96 bits per heavy atom. The van der Waals surface area contributed by atoms with Crippen molar-refractivity contribution in [2.75, 3.05) is 19.8 Å². The van der Waals surface area contributed by atoms with E-state index in [4.69, 9.17) is 14.6 Å². The molecule has 142 valence electrons. The quantitative estimate of drug-likeness (QED) is 0.846. The van der Waals surface area contributed by atoms with E-state index >= 15 is 0 Å². The van der Waals surface area contributed by atoms with Crippen LogP contribution in [-0.2, 0) is 17.9 Å². The lowest BCUT2D eigenvalue weighted by molar-refractivity contribution is 0.0697. The summed E-state index contributed by atoms with van der Waals surface area (Å²) in [4.78, 5) is 13.5. The molecule has 0 aliphatic carbocycles. The zero-order chi connectivity index (χ0) is 18.6. The van der Waals surface area contributed by atoms with Gasteiger partial charge in [-0.25, -0.2) is 4.79 Å². The van der Waals surface area contributed by atoms with E-state index in [1.165, 1.54) is 18.4 Å². The van der Waals surface area contributed by atoms with Crippen LogP contribution in [0, 0.1) is 5.92 Å². The molecule has 2 heterocycles. The fraction of sp³-hybridized carbons (Fsp3) is 0.409. The van der Waals surface area contributed by atoms with Crippen LogP contribution in [-0.4, -0.2) is 41.8 Å². The normalized spacial score (nSPS) is 22.4. The summed E-state index contributed by atoms with van der Waals surface area (Å²) in [6.45, 7) is 4.13. The average molecular weight is 367 g/mol. The van der Waals surface area contributed by atoms with Crippen LogP contribution >= 0.6 is 0 Å². The Morgan fingerprint density at radius 3 is 2.78 bits per heavy atom. The molecule has 2 atom stereocenters. The van der Waals surface area contributed by atoms with Crippen LogP contribution in [0.1, 0.15) is 34.3 Å². The second-order valence-corrected chi connectivity index (χ2v) is 7.38. The molecule has 0 aromatic heterocycles. The lowest BCUT2D eigenvalue weighted by atomic mass is 9.91. The van der Waals surface area contributed by atoms with Crippen molar-refractivity contribution < 1.29 is 19.4 Å². The van der Waals surface area contributed by atoms with Gasteiger partial charge in [0.15, 0.2) is 0 Å². The number of hydrogen-bond donors (Lipinski definition) is 1. The largest absolute Gasteiger partial charge is 0.489 e. The molecule has 0 unspecified atom stereocenters. The van der Waals surface area contributed by atoms with Gasteiger partial charge < -0.3 is 14.6 Å². The highest BCUT2D eigenvalue weighted by molar-refractivity contribution is 5.87. The van der Waals surface area contributed by atoms with Crippen molar-refractivity contribution in [2.24, 2.45) is 5.92 Å². The van der Waals surface area contributed by atoms with Gasteiger partial charge in [-0.3, -0.25) is 4.90 Å². The molecule has 2 aliphatic rings. The maximum absolute atomic E-state index is 11.0. The van der Waals surface area contributed by atoms with Crippen LogP contribution in [0.25, 0.3) is 0 Å². The number of likely N-dealkylation sites (tertiary alicyclic amines) is 1. The Bertz CT molecular complexity index is 789. The van der Waals surface area contributed by atoms with Gasteiger partial charge in [0.1, 0.15) is 12.4 Å². The van der Waals surface area contributed by atoms with Gasteiger partial charge in [0.25, 0.3) is 0 Å². The Kier molecular flexibility index (Phi) is 5.41. The number of nitrogens with zero attached hydrogens (tertiary/aromatic N) is 1. The van der Waals surface area contributed by atoms with Crippen molar-refractivity contribution in [2.45, 2.75) is 32.0 Å².